The van der Waals surface area contributed by atoms with Gasteiger partial charge in [-0.25, -0.2) is 12.7 Å². The molecule has 2 aromatic rings. The molecule has 0 bridgehead atoms. The smallest absolute Gasteiger partial charge is 0.214 e. The number of hydrogen-bond acceptors (Lipinski definition) is 2. The van der Waals surface area contributed by atoms with Crippen molar-refractivity contribution in [3.63, 3.8) is 0 Å². The number of benzene rings is 1. The lowest BCUT2D eigenvalue weighted by Gasteiger charge is -2.31. The van der Waals surface area contributed by atoms with Crippen molar-refractivity contribution in [3.8, 4) is 0 Å². The first-order valence-corrected chi connectivity index (χ1v) is 10.2. The van der Waals surface area contributed by atoms with Gasteiger partial charge in [0.1, 0.15) is 0 Å². The van der Waals surface area contributed by atoms with E-state index in [9.17, 15) is 8.42 Å². The van der Waals surface area contributed by atoms with Crippen molar-refractivity contribution >= 4 is 20.9 Å². The van der Waals surface area contributed by atoms with E-state index >= 15 is 0 Å². The topological polar surface area (TPSA) is 53.2 Å². The van der Waals surface area contributed by atoms with Crippen LogP contribution in [-0.4, -0.2) is 36.5 Å². The fourth-order valence-electron chi connectivity index (χ4n) is 3.46. The van der Waals surface area contributed by atoms with E-state index in [2.05, 4.69) is 29.4 Å². The maximum Gasteiger partial charge on any atom is 0.214 e. The lowest BCUT2D eigenvalue weighted by Crippen LogP contribution is -2.40. The van der Waals surface area contributed by atoms with Gasteiger partial charge in [0.05, 0.1) is 5.75 Å². The highest BCUT2D eigenvalue weighted by atomic mass is 32.2. The molecule has 0 radical (unpaired) electrons. The van der Waals surface area contributed by atoms with Crippen LogP contribution in [0, 0.1) is 5.92 Å². The summed E-state index contributed by atoms with van der Waals surface area (Å²) in [7, 11) is -3.04. The molecule has 1 saturated heterocycles. The molecule has 1 aliphatic heterocycles. The lowest BCUT2D eigenvalue weighted by molar-refractivity contribution is 0.273. The average Bonchev–Trinajstić information content (AvgIpc) is 2.97. The Kier molecular flexibility index (Phi) is 5.07. The number of hydrogen-bond donors (Lipinski definition) is 1. The molecule has 2 heterocycles. The number of aromatic amines is 1. The number of aromatic nitrogens is 1. The number of sulfonamides is 1. The number of fused-ring (bicyclic) bond motifs is 1. The summed E-state index contributed by atoms with van der Waals surface area (Å²) in [6, 6.07) is 8.37. The Morgan fingerprint density at radius 1 is 1.22 bits per heavy atom. The molecule has 0 atom stereocenters. The highest BCUT2D eigenvalue weighted by molar-refractivity contribution is 7.89. The minimum Gasteiger partial charge on any atom is -0.361 e. The van der Waals surface area contributed by atoms with E-state index in [1.807, 2.05) is 13.0 Å². The minimum atomic E-state index is -3.04. The fraction of sp³-hybridized carbons (Fsp3) is 0.556. The Bertz CT molecular complexity index is 743. The molecule has 5 heteroatoms. The molecule has 1 fully saturated rings. The standard InChI is InChI=1S/C18H26N2O2S/c1-2-3-12-23(21,22)20-10-8-15(9-11-20)13-16-14-19-18-7-5-4-6-17(16)18/h4-7,14-15,19H,2-3,8-13H2,1H3. The molecule has 0 amide bonds. The van der Waals surface area contributed by atoms with E-state index in [0.29, 0.717) is 24.8 Å². The summed E-state index contributed by atoms with van der Waals surface area (Å²) in [6.07, 6.45) is 6.76. The lowest BCUT2D eigenvalue weighted by atomic mass is 9.91. The molecule has 0 aliphatic carbocycles. The van der Waals surface area contributed by atoms with E-state index in [0.717, 1.165) is 32.1 Å². The predicted octanol–water partition coefficient (Wildman–Crippen LogP) is 3.55. The maximum absolute atomic E-state index is 12.3. The third-order valence-corrected chi connectivity index (χ3v) is 6.86. The van der Waals surface area contributed by atoms with Gasteiger partial charge < -0.3 is 4.98 Å². The molecule has 1 N–H and O–H groups in total. The van der Waals surface area contributed by atoms with Gasteiger partial charge in [-0.15, -0.1) is 0 Å². The quantitative estimate of drug-likeness (QED) is 0.878. The van der Waals surface area contributed by atoms with Crippen molar-refractivity contribution in [1.82, 2.24) is 9.29 Å². The average molecular weight is 334 g/mol. The van der Waals surface area contributed by atoms with Crippen molar-refractivity contribution in [3.05, 3.63) is 36.0 Å². The summed E-state index contributed by atoms with van der Waals surface area (Å²) in [5.74, 6) is 0.878. The Morgan fingerprint density at radius 2 is 1.96 bits per heavy atom. The van der Waals surface area contributed by atoms with Crippen molar-refractivity contribution in [1.29, 1.82) is 0 Å². The van der Waals surface area contributed by atoms with Crippen LogP contribution in [-0.2, 0) is 16.4 Å². The number of nitrogens with zero attached hydrogens (tertiary/aromatic N) is 1. The molecule has 0 saturated carbocycles. The van der Waals surface area contributed by atoms with E-state index in [1.54, 1.807) is 4.31 Å². The summed E-state index contributed by atoms with van der Waals surface area (Å²) in [6.45, 7) is 3.39. The molecule has 0 spiro atoms. The Morgan fingerprint density at radius 3 is 2.70 bits per heavy atom. The zero-order valence-corrected chi connectivity index (χ0v) is 14.6. The maximum atomic E-state index is 12.3. The second-order valence-corrected chi connectivity index (χ2v) is 8.66. The Hall–Kier alpha value is -1.33. The summed E-state index contributed by atoms with van der Waals surface area (Å²) in [5.41, 5.74) is 2.54. The molecule has 126 valence electrons. The normalized spacial score (nSPS) is 17.8. The number of rotatable bonds is 6. The zero-order valence-electron chi connectivity index (χ0n) is 13.8. The van der Waals surface area contributed by atoms with Crippen LogP contribution in [0.25, 0.3) is 10.9 Å². The van der Waals surface area contributed by atoms with Crippen LogP contribution in [0.1, 0.15) is 38.2 Å². The highest BCUT2D eigenvalue weighted by Gasteiger charge is 2.27. The summed E-state index contributed by atoms with van der Waals surface area (Å²) in [4.78, 5) is 3.33. The van der Waals surface area contributed by atoms with Gasteiger partial charge in [-0.05, 0) is 43.2 Å². The Labute approximate surface area is 138 Å². The van der Waals surface area contributed by atoms with E-state index in [4.69, 9.17) is 0 Å². The molecule has 0 unspecified atom stereocenters. The van der Waals surface area contributed by atoms with Crippen LogP contribution in [0.4, 0.5) is 0 Å². The largest absolute Gasteiger partial charge is 0.361 e. The first-order chi connectivity index (χ1) is 11.1. The summed E-state index contributed by atoms with van der Waals surface area (Å²) < 4.78 is 26.2. The summed E-state index contributed by atoms with van der Waals surface area (Å²) >= 11 is 0. The van der Waals surface area contributed by atoms with Gasteiger partial charge in [0.2, 0.25) is 10.0 Å². The van der Waals surface area contributed by atoms with Gasteiger partial charge in [0.25, 0.3) is 0 Å². The van der Waals surface area contributed by atoms with Crippen LogP contribution < -0.4 is 0 Å². The molecule has 1 aliphatic rings. The number of piperidine rings is 1. The molecule has 23 heavy (non-hydrogen) atoms. The number of para-hydroxylation sites is 1. The Balaban J connectivity index is 1.59. The molecule has 3 rings (SSSR count). The first kappa shape index (κ1) is 16.5. The van der Waals surface area contributed by atoms with Gasteiger partial charge in [0, 0.05) is 30.2 Å². The van der Waals surface area contributed by atoms with Crippen LogP contribution in [0.5, 0.6) is 0 Å². The van der Waals surface area contributed by atoms with Crippen LogP contribution in [0.2, 0.25) is 0 Å². The molecule has 1 aromatic heterocycles. The number of nitrogens with one attached hydrogen (secondary N) is 1. The second kappa shape index (κ2) is 7.05. The second-order valence-electron chi connectivity index (χ2n) is 6.58. The number of H-pyrrole nitrogens is 1. The van der Waals surface area contributed by atoms with Crippen molar-refractivity contribution in [2.24, 2.45) is 5.92 Å². The number of unbranched alkanes of at least 4 members (excludes halogenated alkanes) is 1. The van der Waals surface area contributed by atoms with Crippen LogP contribution in [0.15, 0.2) is 30.5 Å². The molecule has 1 aromatic carbocycles. The molecular formula is C18H26N2O2S. The molecule has 4 nitrogen and oxygen atoms in total. The van der Waals surface area contributed by atoms with Crippen LogP contribution in [0.3, 0.4) is 0 Å². The van der Waals surface area contributed by atoms with Gasteiger partial charge in [-0.1, -0.05) is 31.5 Å². The third-order valence-electron chi connectivity index (χ3n) is 4.91. The first-order valence-electron chi connectivity index (χ1n) is 8.63. The predicted molar refractivity (Wildman–Crippen MR) is 95.0 cm³/mol. The van der Waals surface area contributed by atoms with Gasteiger partial charge in [-0.2, -0.15) is 0 Å². The molecular weight excluding hydrogens is 308 g/mol. The highest BCUT2D eigenvalue weighted by Crippen LogP contribution is 2.27. The van der Waals surface area contributed by atoms with Gasteiger partial charge >= 0.3 is 0 Å². The van der Waals surface area contributed by atoms with E-state index in [-0.39, 0.29) is 0 Å². The zero-order chi connectivity index (χ0) is 16.3. The van der Waals surface area contributed by atoms with Gasteiger partial charge in [0.15, 0.2) is 0 Å². The van der Waals surface area contributed by atoms with Crippen LogP contribution >= 0.6 is 0 Å². The SMILES string of the molecule is CCCCS(=O)(=O)N1CCC(Cc2c[nH]c3ccccc23)CC1. The van der Waals surface area contributed by atoms with Crippen molar-refractivity contribution in [2.45, 2.75) is 39.0 Å². The van der Waals surface area contributed by atoms with Crippen molar-refractivity contribution < 1.29 is 8.42 Å². The van der Waals surface area contributed by atoms with E-state index < -0.39 is 10.0 Å². The third kappa shape index (κ3) is 3.78. The fourth-order valence-corrected chi connectivity index (χ4v) is 5.14. The van der Waals surface area contributed by atoms with Gasteiger partial charge in [-0.3, -0.25) is 0 Å². The van der Waals surface area contributed by atoms with Crippen molar-refractivity contribution in [2.75, 3.05) is 18.8 Å². The van der Waals surface area contributed by atoms with E-state index in [1.165, 1.54) is 16.5 Å². The minimum absolute atomic E-state index is 0.302. The monoisotopic (exact) mass is 334 g/mol. The summed E-state index contributed by atoms with van der Waals surface area (Å²) in [5, 5.41) is 1.30.